The number of ether oxygens (including phenoxy) is 1. The molecule has 5 nitrogen and oxygen atoms in total. The maximum atomic E-state index is 10.4. The Kier molecular flexibility index (Phi) is 5.51. The van der Waals surface area contributed by atoms with Crippen LogP contribution in [0, 0.1) is 0 Å². The van der Waals surface area contributed by atoms with Gasteiger partial charge < -0.3 is 14.7 Å². The van der Waals surface area contributed by atoms with Crippen molar-refractivity contribution in [3.63, 3.8) is 0 Å². The van der Waals surface area contributed by atoms with Crippen molar-refractivity contribution in [2.75, 3.05) is 44.2 Å². The number of rotatable bonds is 6. The number of nitrogens with zero attached hydrogens (tertiary/aromatic N) is 3. The highest BCUT2D eigenvalue weighted by Crippen LogP contribution is 2.20. The molecule has 0 aliphatic carbocycles. The lowest BCUT2D eigenvalue weighted by molar-refractivity contribution is 0.0663. The first-order valence-electron chi connectivity index (χ1n) is 9.46. The third-order valence-electron chi connectivity index (χ3n) is 4.98. The molecule has 0 amide bonds. The first kappa shape index (κ1) is 17.8. The largest absolute Gasteiger partial charge is 0.491 e. The van der Waals surface area contributed by atoms with Gasteiger partial charge in [-0.1, -0.05) is 36.4 Å². The fourth-order valence-electron chi connectivity index (χ4n) is 3.50. The van der Waals surface area contributed by atoms with Crippen LogP contribution in [0.15, 0.2) is 66.9 Å². The molecule has 0 saturated carbocycles. The molecule has 0 unspecified atom stereocenters. The van der Waals surface area contributed by atoms with Crippen molar-refractivity contribution in [1.82, 2.24) is 9.88 Å². The van der Waals surface area contributed by atoms with Crippen LogP contribution in [-0.2, 0) is 0 Å². The van der Waals surface area contributed by atoms with Gasteiger partial charge >= 0.3 is 0 Å². The molecule has 1 N–H and O–H groups in total. The molecule has 2 aromatic carbocycles. The zero-order valence-electron chi connectivity index (χ0n) is 15.4. The molecule has 5 heteroatoms. The summed E-state index contributed by atoms with van der Waals surface area (Å²) in [5.74, 6) is 1.82. The Morgan fingerprint density at radius 1 is 0.926 bits per heavy atom. The molecule has 1 aliphatic rings. The highest BCUT2D eigenvalue weighted by atomic mass is 16.5. The summed E-state index contributed by atoms with van der Waals surface area (Å²) in [4.78, 5) is 8.98. The van der Waals surface area contributed by atoms with E-state index in [1.165, 1.54) is 5.39 Å². The van der Waals surface area contributed by atoms with Gasteiger partial charge in [0.25, 0.3) is 0 Å². The fraction of sp³-hybridized carbons (Fsp3) is 0.318. The van der Waals surface area contributed by atoms with Gasteiger partial charge in [0.05, 0.1) is 0 Å². The van der Waals surface area contributed by atoms with E-state index in [0.717, 1.165) is 43.1 Å². The number of benzene rings is 2. The van der Waals surface area contributed by atoms with E-state index in [4.69, 9.17) is 4.74 Å². The molecule has 4 rings (SSSR count). The lowest BCUT2D eigenvalue weighted by Gasteiger charge is -2.36. The number of hydrogen-bond acceptors (Lipinski definition) is 5. The maximum absolute atomic E-state index is 10.4. The Hall–Kier alpha value is -2.63. The van der Waals surface area contributed by atoms with Crippen LogP contribution in [0.3, 0.4) is 0 Å². The highest BCUT2D eigenvalue weighted by Gasteiger charge is 2.20. The molecule has 140 valence electrons. The first-order valence-corrected chi connectivity index (χ1v) is 9.46. The van der Waals surface area contributed by atoms with Crippen LogP contribution in [0.5, 0.6) is 5.75 Å². The summed E-state index contributed by atoms with van der Waals surface area (Å²) in [6.45, 7) is 4.63. The smallest absolute Gasteiger partial charge is 0.128 e. The summed E-state index contributed by atoms with van der Waals surface area (Å²) in [7, 11) is 0. The van der Waals surface area contributed by atoms with Crippen LogP contribution in [-0.4, -0.2) is 60.4 Å². The van der Waals surface area contributed by atoms with Crippen molar-refractivity contribution in [1.29, 1.82) is 0 Å². The van der Waals surface area contributed by atoms with E-state index in [2.05, 4.69) is 26.9 Å². The molecule has 1 aliphatic heterocycles. The zero-order valence-corrected chi connectivity index (χ0v) is 15.4. The number of piperazine rings is 1. The van der Waals surface area contributed by atoms with Gasteiger partial charge in [-0.3, -0.25) is 4.90 Å². The molecular formula is C22H25N3O2. The molecule has 0 bridgehead atoms. The van der Waals surface area contributed by atoms with E-state index in [0.29, 0.717) is 13.2 Å². The number of aromatic nitrogens is 1. The lowest BCUT2D eigenvalue weighted by Crippen LogP contribution is -2.49. The molecule has 27 heavy (non-hydrogen) atoms. The number of aliphatic hydroxyl groups excluding tert-OH is 1. The maximum Gasteiger partial charge on any atom is 0.128 e. The minimum atomic E-state index is -0.502. The molecule has 0 spiro atoms. The average molecular weight is 363 g/mol. The van der Waals surface area contributed by atoms with Gasteiger partial charge in [-0.25, -0.2) is 4.98 Å². The molecular weight excluding hydrogens is 338 g/mol. The second-order valence-corrected chi connectivity index (χ2v) is 6.95. The van der Waals surface area contributed by atoms with Crippen LogP contribution in [0.1, 0.15) is 0 Å². The molecule has 2 heterocycles. The van der Waals surface area contributed by atoms with Crippen molar-refractivity contribution in [2.45, 2.75) is 6.10 Å². The van der Waals surface area contributed by atoms with Gasteiger partial charge in [0.1, 0.15) is 24.3 Å². The number of fused-ring (bicyclic) bond motifs is 1. The minimum Gasteiger partial charge on any atom is -0.491 e. The number of β-amino-alcohol motifs (C(OH)–C–C–N with tert-alkyl or cyclic N) is 1. The highest BCUT2D eigenvalue weighted by molar-refractivity contribution is 5.83. The lowest BCUT2D eigenvalue weighted by atomic mass is 10.1. The second-order valence-electron chi connectivity index (χ2n) is 6.95. The molecule has 1 aromatic heterocycles. The van der Waals surface area contributed by atoms with E-state index in [1.54, 1.807) is 0 Å². The van der Waals surface area contributed by atoms with Gasteiger partial charge in [0.15, 0.2) is 0 Å². The standard InChI is InChI=1S/C22H25N3O2/c26-20(17-27-21-9-8-18-5-1-2-6-19(18)15-21)16-24-11-13-25(14-12-24)22-7-3-4-10-23-22/h1-10,15,20,26H,11-14,16-17H2/t20-/m1/s1. The molecule has 0 radical (unpaired) electrons. The Balaban J connectivity index is 1.24. The number of aliphatic hydroxyl groups is 1. The number of hydrogen-bond donors (Lipinski definition) is 1. The van der Waals surface area contributed by atoms with Gasteiger partial charge in [0.2, 0.25) is 0 Å². The van der Waals surface area contributed by atoms with E-state index >= 15 is 0 Å². The summed E-state index contributed by atoms with van der Waals surface area (Å²) in [6, 6.07) is 20.2. The van der Waals surface area contributed by atoms with Crippen LogP contribution in [0.25, 0.3) is 10.8 Å². The predicted octanol–water partition coefficient (Wildman–Crippen LogP) is 2.80. The molecule has 1 saturated heterocycles. The van der Waals surface area contributed by atoms with Crippen molar-refractivity contribution in [3.05, 3.63) is 66.9 Å². The van der Waals surface area contributed by atoms with E-state index in [9.17, 15) is 5.11 Å². The predicted molar refractivity (Wildman–Crippen MR) is 108 cm³/mol. The molecule has 1 fully saturated rings. The van der Waals surface area contributed by atoms with Crippen molar-refractivity contribution >= 4 is 16.6 Å². The molecule has 3 aromatic rings. The first-order chi connectivity index (χ1) is 13.3. The Labute approximate surface area is 159 Å². The summed E-state index contributed by atoms with van der Waals surface area (Å²) < 4.78 is 5.81. The Bertz CT molecular complexity index is 864. The van der Waals surface area contributed by atoms with Gasteiger partial charge in [-0.15, -0.1) is 0 Å². The summed E-state index contributed by atoms with van der Waals surface area (Å²) in [5.41, 5.74) is 0. The minimum absolute atomic E-state index is 0.304. The summed E-state index contributed by atoms with van der Waals surface area (Å²) in [5, 5.41) is 12.7. The van der Waals surface area contributed by atoms with Crippen LogP contribution < -0.4 is 9.64 Å². The monoisotopic (exact) mass is 363 g/mol. The van der Waals surface area contributed by atoms with Crippen molar-refractivity contribution in [2.24, 2.45) is 0 Å². The Morgan fingerprint density at radius 3 is 2.48 bits per heavy atom. The van der Waals surface area contributed by atoms with Crippen molar-refractivity contribution < 1.29 is 9.84 Å². The average Bonchev–Trinajstić information content (AvgIpc) is 2.73. The number of anilines is 1. The van der Waals surface area contributed by atoms with Gasteiger partial charge in [-0.05, 0) is 35.0 Å². The third kappa shape index (κ3) is 4.56. The molecule has 1 atom stereocenters. The Morgan fingerprint density at radius 2 is 1.70 bits per heavy atom. The SMILES string of the molecule is O[C@@H](COc1ccc2ccccc2c1)CN1CCN(c2ccccn2)CC1. The van der Waals surface area contributed by atoms with Gasteiger partial charge in [-0.2, -0.15) is 0 Å². The zero-order chi connectivity index (χ0) is 18.5. The second kappa shape index (κ2) is 8.37. The quantitative estimate of drug-likeness (QED) is 0.730. The normalized spacial score (nSPS) is 16.4. The number of pyridine rings is 1. The van der Waals surface area contributed by atoms with Crippen LogP contribution in [0.4, 0.5) is 5.82 Å². The third-order valence-corrected chi connectivity index (χ3v) is 4.98. The van der Waals surface area contributed by atoms with Crippen LogP contribution in [0.2, 0.25) is 0 Å². The van der Waals surface area contributed by atoms with Crippen molar-refractivity contribution in [3.8, 4) is 5.75 Å². The van der Waals surface area contributed by atoms with E-state index < -0.39 is 6.10 Å². The summed E-state index contributed by atoms with van der Waals surface area (Å²) >= 11 is 0. The summed E-state index contributed by atoms with van der Waals surface area (Å²) in [6.07, 6.45) is 1.33. The topological polar surface area (TPSA) is 48.8 Å². The van der Waals surface area contributed by atoms with E-state index in [-0.39, 0.29) is 0 Å². The van der Waals surface area contributed by atoms with Crippen LogP contribution >= 0.6 is 0 Å². The van der Waals surface area contributed by atoms with Gasteiger partial charge in [0, 0.05) is 38.9 Å². The fourth-order valence-corrected chi connectivity index (χ4v) is 3.50. The van der Waals surface area contributed by atoms with E-state index in [1.807, 2.05) is 54.7 Å².